The molecule has 10 heteroatoms. The Morgan fingerprint density at radius 1 is 1.24 bits per heavy atom. The van der Waals surface area contributed by atoms with E-state index in [1.165, 1.54) is 7.11 Å². The third-order valence-electron chi connectivity index (χ3n) is 5.69. The second-order valence-electron chi connectivity index (χ2n) is 8.00. The molecule has 1 N–H and O–H groups in total. The Bertz CT molecular complexity index is 1200. The summed E-state index contributed by atoms with van der Waals surface area (Å²) in [6, 6.07) is 8.76. The molecule has 176 valence electrons. The molecule has 33 heavy (non-hydrogen) atoms. The molecule has 4 rings (SSSR count). The van der Waals surface area contributed by atoms with Crippen molar-refractivity contribution in [1.29, 1.82) is 0 Å². The number of halogens is 3. The normalized spacial score (nSPS) is 16.8. The van der Waals surface area contributed by atoms with Crippen molar-refractivity contribution < 1.29 is 32.2 Å². The number of fused-ring (bicyclic) bond motifs is 2. The highest BCUT2D eigenvalue weighted by molar-refractivity contribution is 6.12. The predicted molar refractivity (Wildman–Crippen MR) is 118 cm³/mol. The Hall–Kier alpha value is -3.27. The third-order valence-corrected chi connectivity index (χ3v) is 5.69. The molecule has 0 bridgehead atoms. The van der Waals surface area contributed by atoms with Gasteiger partial charge in [-0.05, 0) is 26.1 Å². The predicted octanol–water partition coefficient (Wildman–Crippen LogP) is 4.24. The number of nitrogens with zero attached hydrogens (tertiary/aromatic N) is 2. The van der Waals surface area contributed by atoms with Crippen molar-refractivity contribution in [1.82, 2.24) is 9.88 Å². The van der Waals surface area contributed by atoms with Crippen LogP contribution >= 0.6 is 0 Å². The van der Waals surface area contributed by atoms with Crippen molar-refractivity contribution in [2.75, 3.05) is 46.2 Å². The molecule has 1 aliphatic rings. The first-order valence-electron chi connectivity index (χ1n) is 10.4. The first-order valence-corrected chi connectivity index (χ1v) is 10.4. The maximum Gasteiger partial charge on any atom is 0.491 e. The van der Waals surface area contributed by atoms with Gasteiger partial charge < -0.3 is 24.4 Å². The first kappa shape index (κ1) is 22.9. The summed E-state index contributed by atoms with van der Waals surface area (Å²) < 4.78 is 55.6. The molecule has 1 saturated heterocycles. The number of alkyl halides is 3. The lowest BCUT2D eigenvalue weighted by Crippen LogP contribution is -2.28. The van der Waals surface area contributed by atoms with Gasteiger partial charge in [-0.25, -0.2) is 9.78 Å². The zero-order chi connectivity index (χ0) is 23.8. The van der Waals surface area contributed by atoms with Crippen LogP contribution in [0.4, 0.5) is 18.9 Å². The number of aromatic nitrogens is 1. The van der Waals surface area contributed by atoms with E-state index in [0.29, 0.717) is 28.7 Å². The Balaban J connectivity index is 1.91. The number of nitrogens with one attached hydrogen (secondary N) is 1. The van der Waals surface area contributed by atoms with Gasteiger partial charge >= 0.3 is 12.1 Å². The van der Waals surface area contributed by atoms with E-state index in [1.54, 1.807) is 31.3 Å². The SMILES string of the molecule is CNc1c2ccccc2nc2cc(OCC3CCN(C)C3)c(OC)c(OC(=O)C(F)(F)F)c12. The fraction of sp³-hybridized carbons (Fsp3) is 0.391. The third kappa shape index (κ3) is 4.47. The number of carbonyl (C=O) groups is 1. The van der Waals surface area contributed by atoms with Crippen molar-refractivity contribution in [2.45, 2.75) is 12.6 Å². The Kier molecular flexibility index (Phi) is 6.20. The molecule has 1 unspecified atom stereocenters. The quantitative estimate of drug-likeness (QED) is 0.333. The van der Waals surface area contributed by atoms with Gasteiger partial charge in [-0.3, -0.25) is 0 Å². The van der Waals surface area contributed by atoms with E-state index in [9.17, 15) is 18.0 Å². The van der Waals surface area contributed by atoms with Crippen LogP contribution in [0.3, 0.4) is 0 Å². The zero-order valence-corrected chi connectivity index (χ0v) is 18.5. The van der Waals surface area contributed by atoms with Crippen LogP contribution in [-0.2, 0) is 4.79 Å². The molecule has 1 fully saturated rings. The molecule has 0 aliphatic carbocycles. The van der Waals surface area contributed by atoms with Crippen LogP contribution in [0.1, 0.15) is 6.42 Å². The largest absolute Gasteiger partial charge is 0.491 e. The summed E-state index contributed by atoms with van der Waals surface area (Å²) in [5, 5.41) is 3.85. The van der Waals surface area contributed by atoms with Gasteiger partial charge in [-0.2, -0.15) is 13.2 Å². The molecule has 0 spiro atoms. The Labute approximate surface area is 188 Å². The van der Waals surface area contributed by atoms with Gasteiger partial charge in [0.1, 0.15) is 0 Å². The maximum absolute atomic E-state index is 13.1. The van der Waals surface area contributed by atoms with Crippen LogP contribution in [0.25, 0.3) is 21.8 Å². The van der Waals surface area contributed by atoms with Gasteiger partial charge in [-0.1, -0.05) is 18.2 Å². The fourth-order valence-corrected chi connectivity index (χ4v) is 4.16. The smallest absolute Gasteiger partial charge is 0.490 e. The fourth-order valence-electron chi connectivity index (χ4n) is 4.16. The lowest BCUT2D eigenvalue weighted by atomic mass is 10.1. The zero-order valence-electron chi connectivity index (χ0n) is 18.5. The second kappa shape index (κ2) is 8.93. The highest BCUT2D eigenvalue weighted by atomic mass is 19.4. The molecule has 1 atom stereocenters. The number of anilines is 1. The number of hydrogen-bond donors (Lipinski definition) is 1. The van der Waals surface area contributed by atoms with E-state index in [2.05, 4.69) is 15.2 Å². The molecule has 2 aromatic carbocycles. The van der Waals surface area contributed by atoms with Gasteiger partial charge in [0.2, 0.25) is 5.75 Å². The van der Waals surface area contributed by atoms with E-state index in [0.717, 1.165) is 19.5 Å². The van der Waals surface area contributed by atoms with Crippen molar-refractivity contribution in [2.24, 2.45) is 5.92 Å². The van der Waals surface area contributed by atoms with Crippen LogP contribution in [-0.4, -0.2) is 62.9 Å². The summed E-state index contributed by atoms with van der Waals surface area (Å²) in [4.78, 5) is 18.6. The molecule has 1 aromatic heterocycles. The average molecular weight is 463 g/mol. The topological polar surface area (TPSA) is 72.9 Å². The maximum atomic E-state index is 13.1. The minimum atomic E-state index is -5.19. The van der Waals surface area contributed by atoms with E-state index in [4.69, 9.17) is 14.2 Å². The molecule has 1 aliphatic heterocycles. The van der Waals surface area contributed by atoms with Gasteiger partial charge in [-0.15, -0.1) is 0 Å². The summed E-state index contributed by atoms with van der Waals surface area (Å²) >= 11 is 0. The van der Waals surface area contributed by atoms with Crippen LogP contribution in [0.15, 0.2) is 30.3 Å². The highest BCUT2D eigenvalue weighted by Crippen LogP contribution is 2.48. The second-order valence-corrected chi connectivity index (χ2v) is 8.00. The monoisotopic (exact) mass is 463 g/mol. The van der Waals surface area contributed by atoms with Crippen molar-refractivity contribution in [3.63, 3.8) is 0 Å². The molecule has 0 radical (unpaired) electrons. The van der Waals surface area contributed by atoms with E-state index in [1.807, 2.05) is 13.1 Å². The van der Waals surface area contributed by atoms with Gasteiger partial charge in [0.25, 0.3) is 0 Å². The van der Waals surface area contributed by atoms with E-state index in [-0.39, 0.29) is 22.8 Å². The number of ether oxygens (including phenoxy) is 3. The van der Waals surface area contributed by atoms with Crippen molar-refractivity contribution in [3.05, 3.63) is 30.3 Å². The lowest BCUT2D eigenvalue weighted by molar-refractivity contribution is -0.189. The van der Waals surface area contributed by atoms with Crippen molar-refractivity contribution in [3.8, 4) is 17.2 Å². The van der Waals surface area contributed by atoms with Crippen molar-refractivity contribution >= 4 is 33.5 Å². The highest BCUT2D eigenvalue weighted by Gasteiger charge is 2.42. The first-order chi connectivity index (χ1) is 15.7. The minimum Gasteiger partial charge on any atom is -0.490 e. The average Bonchev–Trinajstić information content (AvgIpc) is 3.20. The van der Waals surface area contributed by atoms with Crippen LogP contribution in [0.5, 0.6) is 17.2 Å². The number of methoxy groups -OCH3 is 1. The molecule has 7 nitrogen and oxygen atoms in total. The van der Waals surface area contributed by atoms with E-state index >= 15 is 0 Å². The number of rotatable bonds is 6. The summed E-state index contributed by atoms with van der Waals surface area (Å²) in [6.07, 6.45) is -4.25. The Morgan fingerprint density at radius 2 is 2.00 bits per heavy atom. The minimum absolute atomic E-state index is 0.0972. The molecular formula is C23H24F3N3O4. The molecular weight excluding hydrogens is 439 g/mol. The molecule has 3 aromatic rings. The van der Waals surface area contributed by atoms with Crippen LogP contribution < -0.4 is 19.5 Å². The molecule has 0 amide bonds. The lowest BCUT2D eigenvalue weighted by Gasteiger charge is -2.20. The number of esters is 1. The molecule has 0 saturated carbocycles. The summed E-state index contributed by atoms with van der Waals surface area (Å²) in [5.41, 5.74) is 1.39. The number of benzene rings is 2. The van der Waals surface area contributed by atoms with Gasteiger partial charge in [0.15, 0.2) is 11.5 Å². The standard InChI is InChI=1S/C23H24F3N3O4/c1-27-19-14-6-4-5-7-15(14)28-16-10-17(32-12-13-8-9-29(2)11-13)20(31-3)21(18(16)19)33-22(30)23(24,25)26/h4-7,10,13H,8-9,11-12H2,1-3H3,(H,27,28). The number of para-hydroxylation sites is 1. The number of pyridine rings is 1. The molecule has 2 heterocycles. The van der Waals surface area contributed by atoms with Crippen LogP contribution in [0.2, 0.25) is 0 Å². The Morgan fingerprint density at radius 3 is 2.64 bits per heavy atom. The van der Waals surface area contributed by atoms with Crippen LogP contribution in [0, 0.1) is 5.92 Å². The number of hydrogen-bond acceptors (Lipinski definition) is 7. The van der Waals surface area contributed by atoms with Gasteiger partial charge in [0.05, 0.1) is 35.8 Å². The number of likely N-dealkylation sites (tertiary alicyclic amines) is 1. The summed E-state index contributed by atoms with van der Waals surface area (Å²) in [6.45, 7) is 2.13. The summed E-state index contributed by atoms with van der Waals surface area (Å²) in [5.74, 6) is -2.42. The number of carbonyl (C=O) groups excluding carboxylic acids is 1. The van der Waals surface area contributed by atoms with Gasteiger partial charge in [0, 0.05) is 31.0 Å². The van der Waals surface area contributed by atoms with E-state index < -0.39 is 17.9 Å². The summed E-state index contributed by atoms with van der Waals surface area (Å²) in [7, 11) is 4.93.